The fourth-order valence-corrected chi connectivity index (χ4v) is 1.79. The van der Waals surface area contributed by atoms with Gasteiger partial charge in [-0.15, -0.1) is 0 Å². The number of unbranched alkanes of at least 4 members (excludes halogenated alkanes) is 1. The van der Waals surface area contributed by atoms with Crippen molar-refractivity contribution >= 4 is 5.91 Å². The van der Waals surface area contributed by atoms with Gasteiger partial charge >= 0.3 is 0 Å². The highest BCUT2D eigenvalue weighted by atomic mass is 16.5. The number of rotatable bonds is 7. The van der Waals surface area contributed by atoms with Crippen LogP contribution in [0.5, 0.6) is 11.5 Å². The zero-order chi connectivity index (χ0) is 14.9. The number of aromatic nitrogens is 1. The predicted molar refractivity (Wildman–Crippen MR) is 81.4 cm³/mol. The van der Waals surface area contributed by atoms with Crippen LogP contribution >= 0.6 is 0 Å². The molecule has 0 unspecified atom stereocenters. The van der Waals surface area contributed by atoms with Gasteiger partial charge in [0.25, 0.3) is 5.91 Å². The number of amides is 1. The SMILES string of the molecule is NCCCCNC(=O)c1ccc(Oc2cccnc2)cc1. The number of nitrogens with one attached hydrogen (secondary N) is 1. The standard InChI is InChI=1S/C16H19N3O2/c17-9-1-2-11-19-16(20)13-5-7-14(8-6-13)21-15-4-3-10-18-12-15/h3-8,10,12H,1-2,9,11,17H2,(H,19,20). The molecule has 0 fully saturated rings. The van der Waals surface area contributed by atoms with Crippen LogP contribution in [0.15, 0.2) is 48.8 Å². The molecule has 3 N–H and O–H groups in total. The number of pyridine rings is 1. The fraction of sp³-hybridized carbons (Fsp3) is 0.250. The average molecular weight is 285 g/mol. The Labute approximate surface area is 124 Å². The van der Waals surface area contributed by atoms with Gasteiger partial charge in [0.15, 0.2) is 0 Å². The van der Waals surface area contributed by atoms with Crippen LogP contribution in [0.4, 0.5) is 0 Å². The molecular formula is C16H19N3O2. The lowest BCUT2D eigenvalue weighted by molar-refractivity contribution is 0.0953. The van der Waals surface area contributed by atoms with Crippen LogP contribution in [-0.2, 0) is 0 Å². The van der Waals surface area contributed by atoms with Crippen LogP contribution in [0.2, 0.25) is 0 Å². The molecule has 0 aliphatic heterocycles. The molecule has 110 valence electrons. The van der Waals surface area contributed by atoms with Crippen LogP contribution in [0.3, 0.4) is 0 Å². The van der Waals surface area contributed by atoms with Crippen molar-refractivity contribution < 1.29 is 9.53 Å². The molecule has 0 aliphatic carbocycles. The second kappa shape index (κ2) is 8.01. The Morgan fingerprint density at radius 1 is 1.14 bits per heavy atom. The number of ether oxygens (including phenoxy) is 1. The van der Waals surface area contributed by atoms with E-state index in [9.17, 15) is 4.79 Å². The van der Waals surface area contributed by atoms with E-state index < -0.39 is 0 Å². The van der Waals surface area contributed by atoms with Gasteiger partial charge in [0.05, 0.1) is 6.20 Å². The van der Waals surface area contributed by atoms with Crippen molar-refractivity contribution in [2.75, 3.05) is 13.1 Å². The normalized spacial score (nSPS) is 10.1. The number of nitrogens with zero attached hydrogens (tertiary/aromatic N) is 1. The second-order valence-electron chi connectivity index (χ2n) is 4.57. The second-order valence-corrected chi connectivity index (χ2v) is 4.57. The first kappa shape index (κ1) is 15.0. The van der Waals surface area contributed by atoms with Gasteiger partial charge in [-0.3, -0.25) is 9.78 Å². The van der Waals surface area contributed by atoms with Gasteiger partial charge in [-0.25, -0.2) is 0 Å². The molecule has 1 aromatic heterocycles. The highest BCUT2D eigenvalue weighted by molar-refractivity contribution is 5.94. The number of hydrogen-bond donors (Lipinski definition) is 2. The van der Waals surface area contributed by atoms with Crippen molar-refractivity contribution in [1.82, 2.24) is 10.3 Å². The summed E-state index contributed by atoms with van der Waals surface area (Å²) in [5, 5.41) is 2.86. The number of hydrogen-bond acceptors (Lipinski definition) is 4. The van der Waals surface area contributed by atoms with Crippen molar-refractivity contribution in [2.24, 2.45) is 5.73 Å². The van der Waals surface area contributed by atoms with Crippen LogP contribution < -0.4 is 15.8 Å². The molecular weight excluding hydrogens is 266 g/mol. The highest BCUT2D eigenvalue weighted by Gasteiger charge is 2.05. The lowest BCUT2D eigenvalue weighted by Gasteiger charge is -2.07. The summed E-state index contributed by atoms with van der Waals surface area (Å²) < 4.78 is 5.62. The van der Waals surface area contributed by atoms with Gasteiger partial charge in [-0.05, 0) is 55.8 Å². The molecule has 0 atom stereocenters. The number of carbonyl (C=O) groups excluding carboxylic acids is 1. The van der Waals surface area contributed by atoms with Crippen molar-refractivity contribution in [2.45, 2.75) is 12.8 Å². The summed E-state index contributed by atoms with van der Waals surface area (Å²) in [6.07, 6.45) is 5.13. The van der Waals surface area contributed by atoms with Crippen LogP contribution in [-0.4, -0.2) is 24.0 Å². The van der Waals surface area contributed by atoms with Gasteiger partial charge in [0.2, 0.25) is 0 Å². The van der Waals surface area contributed by atoms with Crippen molar-refractivity contribution in [3.8, 4) is 11.5 Å². The molecule has 0 saturated heterocycles. The molecule has 0 bridgehead atoms. The van der Waals surface area contributed by atoms with E-state index >= 15 is 0 Å². The quantitative estimate of drug-likeness (QED) is 0.765. The first-order valence-corrected chi connectivity index (χ1v) is 6.96. The topological polar surface area (TPSA) is 77.2 Å². The van der Waals surface area contributed by atoms with E-state index in [1.165, 1.54) is 0 Å². The van der Waals surface area contributed by atoms with Gasteiger partial charge in [-0.2, -0.15) is 0 Å². The summed E-state index contributed by atoms with van der Waals surface area (Å²) in [7, 11) is 0. The lowest BCUT2D eigenvalue weighted by Crippen LogP contribution is -2.24. The predicted octanol–water partition coefficient (Wildman–Crippen LogP) is 2.34. The third kappa shape index (κ3) is 4.89. The largest absolute Gasteiger partial charge is 0.456 e. The van der Waals surface area contributed by atoms with Crippen LogP contribution in [0, 0.1) is 0 Å². The summed E-state index contributed by atoms with van der Waals surface area (Å²) in [5.41, 5.74) is 6.02. The van der Waals surface area contributed by atoms with Gasteiger partial charge in [-0.1, -0.05) is 0 Å². The Bertz CT molecular complexity index is 555. The van der Waals surface area contributed by atoms with E-state index in [-0.39, 0.29) is 5.91 Å². The van der Waals surface area contributed by atoms with Gasteiger partial charge in [0.1, 0.15) is 11.5 Å². The molecule has 1 amide bonds. The molecule has 5 nitrogen and oxygen atoms in total. The minimum absolute atomic E-state index is 0.0834. The van der Waals surface area contributed by atoms with Gasteiger partial charge < -0.3 is 15.8 Å². The zero-order valence-corrected chi connectivity index (χ0v) is 11.8. The molecule has 1 heterocycles. The molecule has 5 heteroatoms. The highest BCUT2D eigenvalue weighted by Crippen LogP contribution is 2.20. The number of benzene rings is 1. The van der Waals surface area contributed by atoms with Crippen molar-refractivity contribution in [3.63, 3.8) is 0 Å². The van der Waals surface area contributed by atoms with E-state index in [4.69, 9.17) is 10.5 Å². The molecule has 0 aliphatic rings. The molecule has 0 spiro atoms. The molecule has 0 saturated carbocycles. The Morgan fingerprint density at radius 3 is 2.62 bits per heavy atom. The first-order chi connectivity index (χ1) is 10.3. The maximum absolute atomic E-state index is 11.9. The third-order valence-electron chi connectivity index (χ3n) is 2.90. The fourth-order valence-electron chi connectivity index (χ4n) is 1.79. The Hall–Kier alpha value is -2.40. The first-order valence-electron chi connectivity index (χ1n) is 6.96. The third-order valence-corrected chi connectivity index (χ3v) is 2.90. The van der Waals surface area contributed by atoms with E-state index in [0.29, 0.717) is 30.2 Å². The maximum Gasteiger partial charge on any atom is 0.251 e. The molecule has 2 rings (SSSR count). The summed E-state index contributed by atoms with van der Waals surface area (Å²) in [6.45, 7) is 1.29. The summed E-state index contributed by atoms with van der Waals surface area (Å²) in [6, 6.07) is 10.6. The molecule has 0 radical (unpaired) electrons. The van der Waals surface area contributed by atoms with E-state index in [2.05, 4.69) is 10.3 Å². The Morgan fingerprint density at radius 2 is 1.95 bits per heavy atom. The monoisotopic (exact) mass is 285 g/mol. The molecule has 2 aromatic rings. The maximum atomic E-state index is 11.9. The van der Waals surface area contributed by atoms with E-state index in [1.807, 2.05) is 6.07 Å². The average Bonchev–Trinajstić information content (AvgIpc) is 2.53. The minimum Gasteiger partial charge on any atom is -0.456 e. The Kier molecular flexibility index (Phi) is 5.72. The summed E-state index contributed by atoms with van der Waals surface area (Å²) in [4.78, 5) is 15.9. The van der Waals surface area contributed by atoms with Crippen LogP contribution in [0.1, 0.15) is 23.2 Å². The number of carbonyl (C=O) groups is 1. The van der Waals surface area contributed by atoms with Crippen molar-refractivity contribution in [3.05, 3.63) is 54.4 Å². The zero-order valence-electron chi connectivity index (χ0n) is 11.8. The number of nitrogens with two attached hydrogens (primary N) is 1. The lowest BCUT2D eigenvalue weighted by atomic mass is 10.2. The minimum atomic E-state index is -0.0834. The Balaban J connectivity index is 1.88. The summed E-state index contributed by atoms with van der Waals surface area (Å²) >= 11 is 0. The van der Waals surface area contributed by atoms with Crippen molar-refractivity contribution in [1.29, 1.82) is 0 Å². The summed E-state index contributed by atoms with van der Waals surface area (Å²) in [5.74, 6) is 1.25. The van der Waals surface area contributed by atoms with E-state index in [0.717, 1.165) is 12.8 Å². The molecule has 1 aromatic carbocycles. The van der Waals surface area contributed by atoms with Crippen LogP contribution in [0.25, 0.3) is 0 Å². The smallest absolute Gasteiger partial charge is 0.251 e. The van der Waals surface area contributed by atoms with Gasteiger partial charge in [0, 0.05) is 18.3 Å². The molecule has 21 heavy (non-hydrogen) atoms. The van der Waals surface area contributed by atoms with E-state index in [1.54, 1.807) is 42.7 Å².